The highest BCUT2D eigenvalue weighted by Crippen LogP contribution is 2.43. The molecule has 0 bridgehead atoms. The minimum Gasteiger partial charge on any atom is -0.324 e. The quantitative estimate of drug-likeness (QED) is 0.247. The topological polar surface area (TPSA) is 41.0 Å². The molecule has 0 spiro atoms. The van der Waals surface area contributed by atoms with Gasteiger partial charge < -0.3 is 10.2 Å². The number of halogens is 2. The number of aromatic nitrogens is 2. The normalized spacial score (nSPS) is 17.1. The van der Waals surface area contributed by atoms with Gasteiger partial charge in [-0.1, -0.05) is 84.9 Å². The van der Waals surface area contributed by atoms with Crippen LogP contribution in [0.1, 0.15) is 60.3 Å². The third kappa shape index (κ3) is 5.84. The molecule has 0 saturated heterocycles. The Bertz CT molecular complexity index is 1450. The van der Waals surface area contributed by atoms with Crippen molar-refractivity contribution in [3.8, 4) is 11.3 Å². The maximum Gasteiger partial charge on any atom is 0.227 e. The van der Waals surface area contributed by atoms with E-state index in [1.54, 1.807) is 0 Å². The molecule has 200 valence electrons. The van der Waals surface area contributed by atoms with E-state index in [1.165, 1.54) is 43.2 Å². The second kappa shape index (κ2) is 11.7. The first-order valence-electron chi connectivity index (χ1n) is 14.0. The van der Waals surface area contributed by atoms with Crippen LogP contribution in [-0.2, 0) is 12.8 Å². The maximum atomic E-state index is 6.36. The molecule has 6 heteroatoms. The fraction of sp³-hybridized carbons (Fsp3) is 0.333. The maximum absolute atomic E-state index is 6.36. The molecule has 4 aromatic rings. The van der Waals surface area contributed by atoms with Crippen molar-refractivity contribution in [1.82, 2.24) is 14.9 Å². The summed E-state index contributed by atoms with van der Waals surface area (Å²) in [6.45, 7) is 1.11. The number of rotatable bonds is 7. The second-order valence-corrected chi connectivity index (χ2v) is 11.7. The zero-order valence-corrected chi connectivity index (χ0v) is 23.8. The molecule has 1 aromatic heterocycles. The van der Waals surface area contributed by atoms with E-state index in [0.717, 1.165) is 53.5 Å². The lowest BCUT2D eigenvalue weighted by atomic mass is 9.78. The van der Waals surface area contributed by atoms with Gasteiger partial charge in [0.05, 0.1) is 15.7 Å². The molecule has 1 fully saturated rings. The Kier molecular flexibility index (Phi) is 7.87. The predicted octanol–water partition coefficient (Wildman–Crippen LogP) is 8.69. The van der Waals surface area contributed by atoms with Crippen LogP contribution in [0.4, 0.5) is 11.6 Å². The number of hydrogen-bond acceptors (Lipinski definition) is 4. The highest BCUT2D eigenvalue weighted by atomic mass is 35.5. The van der Waals surface area contributed by atoms with Crippen LogP contribution >= 0.6 is 23.2 Å². The minimum atomic E-state index is 0.176. The van der Waals surface area contributed by atoms with Crippen molar-refractivity contribution < 1.29 is 0 Å². The van der Waals surface area contributed by atoms with Crippen LogP contribution in [0.25, 0.3) is 11.3 Å². The molecule has 39 heavy (non-hydrogen) atoms. The predicted molar refractivity (Wildman–Crippen MR) is 162 cm³/mol. The van der Waals surface area contributed by atoms with Gasteiger partial charge in [-0.15, -0.1) is 0 Å². The molecule has 2 aliphatic rings. The molecule has 0 unspecified atom stereocenters. The monoisotopic (exact) mass is 556 g/mol. The van der Waals surface area contributed by atoms with Crippen LogP contribution in [-0.4, -0.2) is 34.5 Å². The van der Waals surface area contributed by atoms with Crippen molar-refractivity contribution in [3.63, 3.8) is 0 Å². The van der Waals surface area contributed by atoms with Crippen molar-refractivity contribution in [2.75, 3.05) is 18.9 Å². The SMILES string of the molecule is CN(CCc1ccc(Nc2ncc3c(n2)-c2ccccc2[C@H](c2ccc(Cl)c(Cl)c2)C3)cc1)C1CCCCC1. The molecule has 1 saturated carbocycles. The largest absolute Gasteiger partial charge is 0.324 e. The Hall–Kier alpha value is -2.92. The van der Waals surface area contributed by atoms with Crippen molar-refractivity contribution in [2.24, 2.45) is 0 Å². The van der Waals surface area contributed by atoms with Crippen LogP contribution in [0.3, 0.4) is 0 Å². The zero-order valence-electron chi connectivity index (χ0n) is 22.3. The zero-order chi connectivity index (χ0) is 26.8. The number of nitrogens with one attached hydrogen (secondary N) is 1. The summed E-state index contributed by atoms with van der Waals surface area (Å²) in [5, 5.41) is 4.57. The highest BCUT2D eigenvalue weighted by molar-refractivity contribution is 6.42. The summed E-state index contributed by atoms with van der Waals surface area (Å²) < 4.78 is 0. The number of fused-ring (bicyclic) bond motifs is 3. The van der Waals surface area contributed by atoms with E-state index in [0.29, 0.717) is 16.0 Å². The van der Waals surface area contributed by atoms with Gasteiger partial charge in [-0.2, -0.15) is 0 Å². The van der Waals surface area contributed by atoms with Crippen molar-refractivity contribution in [1.29, 1.82) is 0 Å². The summed E-state index contributed by atoms with van der Waals surface area (Å²) in [4.78, 5) is 12.2. The first-order valence-corrected chi connectivity index (χ1v) is 14.8. The molecule has 0 radical (unpaired) electrons. The first kappa shape index (κ1) is 26.3. The van der Waals surface area contributed by atoms with Gasteiger partial charge in [0.1, 0.15) is 0 Å². The van der Waals surface area contributed by atoms with Gasteiger partial charge in [0.2, 0.25) is 5.95 Å². The Labute approximate surface area is 241 Å². The molecule has 0 aliphatic heterocycles. The molecule has 0 amide bonds. The molecular weight excluding hydrogens is 523 g/mol. The van der Waals surface area contributed by atoms with E-state index in [4.69, 9.17) is 28.2 Å². The Morgan fingerprint density at radius 1 is 0.923 bits per heavy atom. The third-order valence-electron chi connectivity index (χ3n) is 8.39. The first-order chi connectivity index (χ1) is 19.0. The molecule has 4 nitrogen and oxygen atoms in total. The molecule has 1 heterocycles. The average molecular weight is 558 g/mol. The van der Waals surface area contributed by atoms with E-state index in [1.807, 2.05) is 18.3 Å². The van der Waals surface area contributed by atoms with Crippen LogP contribution in [0.5, 0.6) is 0 Å². The van der Waals surface area contributed by atoms with E-state index in [2.05, 4.69) is 76.8 Å². The molecule has 1 N–H and O–H groups in total. The van der Waals surface area contributed by atoms with Gasteiger partial charge in [0.25, 0.3) is 0 Å². The summed E-state index contributed by atoms with van der Waals surface area (Å²) in [5.74, 6) is 0.789. The lowest BCUT2D eigenvalue weighted by molar-refractivity contribution is 0.194. The fourth-order valence-electron chi connectivity index (χ4n) is 6.12. The summed E-state index contributed by atoms with van der Waals surface area (Å²) in [6, 6.07) is 23.9. The molecule has 2 aliphatic carbocycles. The minimum absolute atomic E-state index is 0.176. The Balaban J connectivity index is 1.16. The lowest BCUT2D eigenvalue weighted by Gasteiger charge is -2.31. The van der Waals surface area contributed by atoms with E-state index in [-0.39, 0.29) is 5.92 Å². The molecule has 3 aromatic carbocycles. The number of anilines is 2. The Morgan fingerprint density at radius 2 is 1.72 bits per heavy atom. The van der Waals surface area contributed by atoms with Crippen LogP contribution < -0.4 is 5.32 Å². The fourth-order valence-corrected chi connectivity index (χ4v) is 6.42. The molecule has 1 atom stereocenters. The van der Waals surface area contributed by atoms with Crippen molar-refractivity contribution in [3.05, 3.63) is 105 Å². The van der Waals surface area contributed by atoms with Gasteiger partial charge in [0, 0.05) is 36.0 Å². The van der Waals surface area contributed by atoms with Gasteiger partial charge >= 0.3 is 0 Å². The summed E-state index contributed by atoms with van der Waals surface area (Å²) in [7, 11) is 2.28. The van der Waals surface area contributed by atoms with Crippen LogP contribution in [0.15, 0.2) is 72.9 Å². The number of likely N-dealkylation sites (N-methyl/N-ethyl adjacent to an activating group) is 1. The second-order valence-electron chi connectivity index (χ2n) is 10.9. The van der Waals surface area contributed by atoms with Crippen molar-refractivity contribution >= 4 is 34.8 Å². The van der Waals surface area contributed by atoms with E-state index >= 15 is 0 Å². The number of nitrogens with zero attached hydrogens (tertiary/aromatic N) is 3. The highest BCUT2D eigenvalue weighted by Gasteiger charge is 2.28. The van der Waals surface area contributed by atoms with Gasteiger partial charge in [0.15, 0.2) is 0 Å². The number of benzene rings is 3. The van der Waals surface area contributed by atoms with Gasteiger partial charge in [-0.3, -0.25) is 0 Å². The van der Waals surface area contributed by atoms with E-state index in [9.17, 15) is 0 Å². The van der Waals surface area contributed by atoms with E-state index < -0.39 is 0 Å². The smallest absolute Gasteiger partial charge is 0.227 e. The van der Waals surface area contributed by atoms with Gasteiger partial charge in [-0.05, 0) is 79.3 Å². The standard InChI is InChI=1S/C33H34Cl2N4/c1-39(26-7-3-2-4-8-26)18-17-22-11-14-25(15-12-22)37-33-36-21-24-19-29(23-13-16-30(34)31(35)20-23)27-9-5-6-10-28(27)32(24)38-33/h5-6,9-16,20-21,26,29H,2-4,7-8,17-19H2,1H3,(H,36,37,38)/t29-/m0/s1. The van der Waals surface area contributed by atoms with Gasteiger partial charge in [-0.25, -0.2) is 9.97 Å². The van der Waals surface area contributed by atoms with Crippen LogP contribution in [0.2, 0.25) is 10.0 Å². The summed E-state index contributed by atoms with van der Waals surface area (Å²) in [5.41, 5.74) is 8.01. The molecular formula is C33H34Cl2N4. The molecule has 6 rings (SSSR count). The average Bonchev–Trinajstić information content (AvgIpc) is 2.98. The number of hydrogen-bond donors (Lipinski definition) is 1. The summed E-state index contributed by atoms with van der Waals surface area (Å²) >= 11 is 12.6. The lowest BCUT2D eigenvalue weighted by Crippen LogP contribution is -2.34. The summed E-state index contributed by atoms with van der Waals surface area (Å²) in [6.07, 6.45) is 10.7. The Morgan fingerprint density at radius 3 is 2.51 bits per heavy atom. The third-order valence-corrected chi connectivity index (χ3v) is 9.13. The van der Waals surface area contributed by atoms with Crippen LogP contribution in [0, 0.1) is 0 Å². The van der Waals surface area contributed by atoms with Crippen molar-refractivity contribution in [2.45, 2.75) is 56.9 Å².